The van der Waals surface area contributed by atoms with E-state index in [1.165, 1.54) is 31.5 Å². The number of carbonyl (C=O) groups excluding carboxylic acids is 1. The predicted molar refractivity (Wildman–Crippen MR) is 126 cm³/mol. The number of pyridine rings is 2. The van der Waals surface area contributed by atoms with E-state index < -0.39 is 15.9 Å². The second-order valence-corrected chi connectivity index (χ2v) is 9.60. The molecule has 3 aromatic rings. The second-order valence-electron chi connectivity index (χ2n) is 7.92. The van der Waals surface area contributed by atoms with Crippen molar-refractivity contribution in [3.63, 3.8) is 0 Å². The number of carbonyl (C=O) groups is 1. The third-order valence-corrected chi connectivity index (χ3v) is 7.08. The number of sulfonamides is 1. The number of aromatic nitrogens is 2. The molecule has 4 rings (SSSR count). The van der Waals surface area contributed by atoms with Crippen molar-refractivity contribution in [1.82, 2.24) is 14.7 Å². The van der Waals surface area contributed by atoms with Gasteiger partial charge in [-0.15, -0.1) is 0 Å². The molecule has 1 amide bonds. The van der Waals surface area contributed by atoms with Crippen LogP contribution < -0.4 is 19.5 Å². The van der Waals surface area contributed by atoms with E-state index in [-0.39, 0.29) is 34.7 Å². The van der Waals surface area contributed by atoms with Gasteiger partial charge < -0.3 is 14.8 Å². The number of hydrogen-bond acceptors (Lipinski definition) is 7. The monoisotopic (exact) mass is 482 g/mol. The van der Waals surface area contributed by atoms with Gasteiger partial charge in [-0.25, -0.2) is 18.1 Å². The zero-order chi connectivity index (χ0) is 24.0. The molecular formula is C24H26N4O5S. The van der Waals surface area contributed by atoms with Crippen molar-refractivity contribution in [3.8, 4) is 11.5 Å². The van der Waals surface area contributed by atoms with Crippen LogP contribution in [-0.4, -0.2) is 37.4 Å². The van der Waals surface area contributed by atoms with E-state index in [4.69, 9.17) is 9.47 Å². The lowest BCUT2D eigenvalue weighted by Crippen LogP contribution is -2.33. The number of methoxy groups -OCH3 is 1. The highest BCUT2D eigenvalue weighted by atomic mass is 32.2. The number of benzene rings is 1. The summed E-state index contributed by atoms with van der Waals surface area (Å²) in [4.78, 5) is 21.1. The fraction of sp³-hybridized carbons (Fsp3) is 0.292. The van der Waals surface area contributed by atoms with Gasteiger partial charge in [-0.3, -0.25) is 9.78 Å². The Balaban J connectivity index is 1.53. The van der Waals surface area contributed by atoms with Gasteiger partial charge in [0.15, 0.2) is 11.6 Å². The Morgan fingerprint density at radius 1 is 1.06 bits per heavy atom. The maximum absolute atomic E-state index is 13.0. The van der Waals surface area contributed by atoms with Crippen molar-refractivity contribution in [1.29, 1.82) is 0 Å². The van der Waals surface area contributed by atoms with Crippen LogP contribution in [0.2, 0.25) is 0 Å². The first-order valence-corrected chi connectivity index (χ1v) is 12.4. The Kier molecular flexibility index (Phi) is 7.39. The molecule has 1 aliphatic carbocycles. The molecule has 0 unspecified atom stereocenters. The van der Waals surface area contributed by atoms with Crippen LogP contribution >= 0.6 is 0 Å². The predicted octanol–water partition coefficient (Wildman–Crippen LogP) is 3.54. The number of nitrogens with one attached hydrogen (secondary N) is 2. The van der Waals surface area contributed by atoms with Gasteiger partial charge in [-0.1, -0.05) is 12.8 Å². The van der Waals surface area contributed by atoms with Gasteiger partial charge >= 0.3 is 0 Å². The van der Waals surface area contributed by atoms with Gasteiger partial charge in [0, 0.05) is 30.2 Å². The molecule has 0 saturated heterocycles. The third-order valence-electron chi connectivity index (χ3n) is 5.54. The second kappa shape index (κ2) is 10.6. The summed E-state index contributed by atoms with van der Waals surface area (Å²) in [5, 5.41) is 2.71. The minimum Gasteiger partial charge on any atom is -0.495 e. The van der Waals surface area contributed by atoms with Crippen LogP contribution in [0.15, 0.2) is 66.0 Å². The number of rotatable bonds is 9. The zero-order valence-corrected chi connectivity index (χ0v) is 19.5. The average molecular weight is 483 g/mol. The summed E-state index contributed by atoms with van der Waals surface area (Å²) >= 11 is 0. The lowest BCUT2D eigenvalue weighted by atomic mass is 10.2. The average Bonchev–Trinajstić information content (AvgIpc) is 3.36. The van der Waals surface area contributed by atoms with E-state index in [1.807, 2.05) is 12.1 Å². The fourth-order valence-electron chi connectivity index (χ4n) is 3.78. The molecule has 9 nitrogen and oxygen atoms in total. The first-order valence-electron chi connectivity index (χ1n) is 10.9. The summed E-state index contributed by atoms with van der Waals surface area (Å²) in [6, 6.07) is 11.2. The third kappa shape index (κ3) is 5.70. The van der Waals surface area contributed by atoms with Crippen molar-refractivity contribution in [2.45, 2.75) is 43.2 Å². The molecule has 2 aromatic heterocycles. The minimum absolute atomic E-state index is 0.0790. The molecule has 1 aromatic carbocycles. The van der Waals surface area contributed by atoms with Gasteiger partial charge in [0.25, 0.3) is 5.91 Å². The summed E-state index contributed by atoms with van der Waals surface area (Å²) in [6.45, 7) is 0.273. The van der Waals surface area contributed by atoms with Crippen molar-refractivity contribution < 1.29 is 22.7 Å². The van der Waals surface area contributed by atoms with E-state index in [0.717, 1.165) is 31.2 Å². The molecule has 0 radical (unpaired) electrons. The first kappa shape index (κ1) is 23.7. The van der Waals surface area contributed by atoms with E-state index in [9.17, 15) is 13.2 Å². The summed E-state index contributed by atoms with van der Waals surface area (Å²) in [7, 11) is -2.47. The van der Waals surface area contributed by atoms with Gasteiger partial charge in [-0.2, -0.15) is 0 Å². The maximum Gasteiger partial charge on any atom is 0.256 e. The number of nitrogens with zero attached hydrogens (tertiary/aromatic N) is 2. The number of anilines is 1. The molecule has 0 spiro atoms. The molecular weight excluding hydrogens is 456 g/mol. The van der Waals surface area contributed by atoms with E-state index in [1.54, 1.807) is 24.5 Å². The van der Waals surface area contributed by atoms with Gasteiger partial charge in [0.05, 0.1) is 7.11 Å². The SMILES string of the molecule is COc1ccc(C(=O)Nc2ncccc2OCc2ccncc2)cc1S(=O)(=O)NC1CCCC1. The molecule has 2 N–H and O–H groups in total. The van der Waals surface area contributed by atoms with Crippen LogP contribution in [0.1, 0.15) is 41.6 Å². The summed E-state index contributed by atoms with van der Waals surface area (Å²) in [5.41, 5.74) is 1.06. The molecule has 1 fully saturated rings. The van der Waals surface area contributed by atoms with Crippen molar-refractivity contribution in [2.24, 2.45) is 0 Å². The van der Waals surface area contributed by atoms with Gasteiger partial charge in [-0.05, 0) is 60.9 Å². The smallest absolute Gasteiger partial charge is 0.256 e. The first-order chi connectivity index (χ1) is 16.5. The van der Waals surface area contributed by atoms with E-state index >= 15 is 0 Å². The van der Waals surface area contributed by atoms with Crippen molar-refractivity contribution in [3.05, 3.63) is 72.2 Å². The lowest BCUT2D eigenvalue weighted by Gasteiger charge is -2.16. The van der Waals surface area contributed by atoms with Crippen LogP contribution in [-0.2, 0) is 16.6 Å². The molecule has 178 valence electrons. The molecule has 34 heavy (non-hydrogen) atoms. The fourth-order valence-corrected chi connectivity index (χ4v) is 5.28. The number of amides is 1. The largest absolute Gasteiger partial charge is 0.495 e. The summed E-state index contributed by atoms with van der Waals surface area (Å²) < 4.78 is 39.8. The quantitative estimate of drug-likeness (QED) is 0.479. The van der Waals surface area contributed by atoms with Crippen LogP contribution in [0.25, 0.3) is 0 Å². The number of hydrogen-bond donors (Lipinski definition) is 2. The van der Waals surface area contributed by atoms with Crippen LogP contribution in [0.5, 0.6) is 11.5 Å². The Morgan fingerprint density at radius 3 is 2.56 bits per heavy atom. The van der Waals surface area contributed by atoms with Gasteiger partial charge in [0.2, 0.25) is 10.0 Å². The molecule has 0 aliphatic heterocycles. The highest BCUT2D eigenvalue weighted by Crippen LogP contribution is 2.28. The molecule has 10 heteroatoms. The van der Waals surface area contributed by atoms with Crippen LogP contribution in [0, 0.1) is 0 Å². The number of ether oxygens (including phenoxy) is 2. The van der Waals surface area contributed by atoms with Crippen molar-refractivity contribution in [2.75, 3.05) is 12.4 Å². The Bertz CT molecular complexity index is 1250. The Morgan fingerprint density at radius 2 is 1.82 bits per heavy atom. The topological polar surface area (TPSA) is 120 Å². The Labute approximate surface area is 198 Å². The standard InChI is InChI=1S/C24H26N4O5S/c1-32-20-9-8-18(15-22(20)34(30,31)28-19-5-2-3-6-19)24(29)27-23-21(7-4-12-26-23)33-16-17-10-13-25-14-11-17/h4,7-15,19,28H,2-3,5-6,16H2,1H3,(H,26,27,29). The molecule has 0 atom stereocenters. The summed E-state index contributed by atoms with van der Waals surface area (Å²) in [6.07, 6.45) is 8.44. The van der Waals surface area contributed by atoms with Crippen molar-refractivity contribution >= 4 is 21.7 Å². The highest BCUT2D eigenvalue weighted by Gasteiger charge is 2.27. The minimum atomic E-state index is -3.86. The molecule has 2 heterocycles. The van der Waals surface area contributed by atoms with Gasteiger partial charge in [0.1, 0.15) is 17.3 Å². The maximum atomic E-state index is 13.0. The molecule has 0 bridgehead atoms. The Hall–Kier alpha value is -3.50. The molecule has 1 saturated carbocycles. The summed E-state index contributed by atoms with van der Waals surface area (Å²) in [5.74, 6) is 0.261. The lowest BCUT2D eigenvalue weighted by molar-refractivity contribution is 0.102. The highest BCUT2D eigenvalue weighted by molar-refractivity contribution is 7.89. The zero-order valence-electron chi connectivity index (χ0n) is 18.7. The molecule has 1 aliphatic rings. The normalized spacial score (nSPS) is 14.0. The van der Waals surface area contributed by atoms with Crippen LogP contribution in [0.4, 0.5) is 5.82 Å². The van der Waals surface area contributed by atoms with Crippen LogP contribution in [0.3, 0.4) is 0 Å². The van der Waals surface area contributed by atoms with E-state index in [0.29, 0.717) is 5.75 Å². The van der Waals surface area contributed by atoms with E-state index in [2.05, 4.69) is 20.0 Å².